The molecule has 0 aliphatic carbocycles. The number of carbonyl (C=O) groups is 1. The molecule has 0 bridgehead atoms. The number of rotatable bonds is 7. The van der Waals surface area contributed by atoms with Gasteiger partial charge in [0.1, 0.15) is 5.75 Å². The topological polar surface area (TPSA) is 58.6 Å². The van der Waals surface area contributed by atoms with Gasteiger partial charge in [0.15, 0.2) is 11.5 Å². The van der Waals surface area contributed by atoms with Crippen LogP contribution in [0, 0.1) is 0 Å². The Hall–Kier alpha value is -2.49. The van der Waals surface area contributed by atoms with E-state index in [4.69, 9.17) is 4.74 Å². The van der Waals surface area contributed by atoms with Crippen molar-refractivity contribution in [3.8, 4) is 17.2 Å². The van der Waals surface area contributed by atoms with Crippen LogP contribution in [0.2, 0.25) is 0 Å². The number of phenolic OH excluding ortho intramolecular Hbond substituents is 1. The molecule has 0 aliphatic heterocycles. The molecule has 0 saturated heterocycles. The molecular weight excluding hydrogens is 290 g/mol. The number of amides is 1. The minimum atomic E-state index is -0.138. The Balaban J connectivity index is 2.06. The molecule has 122 valence electrons. The molecular formula is C19H23NO3. The van der Waals surface area contributed by atoms with Crippen molar-refractivity contribution in [3.63, 3.8) is 0 Å². The van der Waals surface area contributed by atoms with Gasteiger partial charge in [-0.3, -0.25) is 4.79 Å². The van der Waals surface area contributed by atoms with Crippen LogP contribution < -0.4 is 10.1 Å². The van der Waals surface area contributed by atoms with Gasteiger partial charge >= 0.3 is 0 Å². The fourth-order valence-corrected chi connectivity index (χ4v) is 2.35. The van der Waals surface area contributed by atoms with Crippen LogP contribution in [-0.4, -0.2) is 11.0 Å². The van der Waals surface area contributed by atoms with Gasteiger partial charge in [-0.25, -0.2) is 0 Å². The average Bonchev–Trinajstić information content (AvgIpc) is 2.50. The molecule has 0 heterocycles. The second-order valence-corrected chi connectivity index (χ2v) is 5.57. The first kappa shape index (κ1) is 16.9. The zero-order chi connectivity index (χ0) is 16.7. The monoisotopic (exact) mass is 313 g/mol. The standard InChI is InChI=1S/C19H23NO3/c1-3-4-5-7-15-10-11-19(18(22)12-15)23-17-9-6-8-16(13-17)20-14(2)21/h6,8-13,22H,3-5,7H2,1-2H3,(H,20,21). The average molecular weight is 313 g/mol. The first-order valence-corrected chi connectivity index (χ1v) is 7.96. The lowest BCUT2D eigenvalue weighted by molar-refractivity contribution is -0.114. The molecule has 0 unspecified atom stereocenters. The highest BCUT2D eigenvalue weighted by molar-refractivity contribution is 5.88. The Morgan fingerprint density at radius 2 is 2.00 bits per heavy atom. The summed E-state index contributed by atoms with van der Waals surface area (Å²) in [4.78, 5) is 11.1. The molecule has 0 atom stereocenters. The van der Waals surface area contributed by atoms with Crippen LogP contribution in [-0.2, 0) is 11.2 Å². The van der Waals surface area contributed by atoms with E-state index in [-0.39, 0.29) is 11.7 Å². The van der Waals surface area contributed by atoms with E-state index in [1.807, 2.05) is 6.07 Å². The maximum atomic E-state index is 11.1. The summed E-state index contributed by atoms with van der Waals surface area (Å²) in [6.07, 6.45) is 4.45. The third-order valence-electron chi connectivity index (χ3n) is 3.47. The van der Waals surface area contributed by atoms with Crippen molar-refractivity contribution in [1.29, 1.82) is 0 Å². The summed E-state index contributed by atoms with van der Waals surface area (Å²) in [7, 11) is 0. The number of hydrogen-bond acceptors (Lipinski definition) is 3. The lowest BCUT2D eigenvalue weighted by Gasteiger charge is -2.10. The van der Waals surface area contributed by atoms with Gasteiger partial charge in [0.25, 0.3) is 0 Å². The number of unbranched alkanes of at least 4 members (excludes halogenated alkanes) is 2. The van der Waals surface area contributed by atoms with Crippen molar-refractivity contribution in [2.45, 2.75) is 39.5 Å². The molecule has 2 aromatic rings. The molecule has 4 nitrogen and oxygen atoms in total. The molecule has 0 aromatic heterocycles. The first-order chi connectivity index (χ1) is 11.1. The summed E-state index contributed by atoms with van der Waals surface area (Å²) >= 11 is 0. The Bertz CT molecular complexity index is 667. The van der Waals surface area contributed by atoms with Gasteiger partial charge in [0.05, 0.1) is 0 Å². The number of phenols is 1. The Morgan fingerprint density at radius 3 is 2.70 bits per heavy atom. The summed E-state index contributed by atoms with van der Waals surface area (Å²) < 4.78 is 5.71. The summed E-state index contributed by atoms with van der Waals surface area (Å²) in [5, 5.41) is 12.8. The summed E-state index contributed by atoms with van der Waals surface area (Å²) in [5.41, 5.74) is 1.76. The third-order valence-corrected chi connectivity index (χ3v) is 3.47. The van der Waals surface area contributed by atoms with Crippen LogP contribution in [0.25, 0.3) is 0 Å². The maximum absolute atomic E-state index is 11.1. The Morgan fingerprint density at radius 1 is 1.17 bits per heavy atom. The predicted molar refractivity (Wildman–Crippen MR) is 92.2 cm³/mol. The van der Waals surface area contributed by atoms with Gasteiger partial charge in [-0.15, -0.1) is 0 Å². The van der Waals surface area contributed by atoms with E-state index in [9.17, 15) is 9.90 Å². The molecule has 2 rings (SSSR count). The Kier molecular flexibility index (Phi) is 6.03. The molecule has 0 spiro atoms. The van der Waals surface area contributed by atoms with E-state index in [1.165, 1.54) is 19.8 Å². The molecule has 0 radical (unpaired) electrons. The van der Waals surface area contributed by atoms with Crippen molar-refractivity contribution >= 4 is 11.6 Å². The third kappa shape index (κ3) is 5.33. The van der Waals surface area contributed by atoms with Crippen LogP contribution in [0.4, 0.5) is 5.69 Å². The number of anilines is 1. The molecule has 0 aliphatic rings. The van der Waals surface area contributed by atoms with Crippen LogP contribution in [0.5, 0.6) is 17.2 Å². The summed E-state index contributed by atoms with van der Waals surface area (Å²) in [6.45, 7) is 3.63. The number of aromatic hydroxyl groups is 1. The van der Waals surface area contributed by atoms with Crippen LogP contribution in [0.15, 0.2) is 42.5 Å². The zero-order valence-electron chi connectivity index (χ0n) is 13.6. The van der Waals surface area contributed by atoms with E-state index in [0.717, 1.165) is 18.4 Å². The van der Waals surface area contributed by atoms with Gasteiger partial charge < -0.3 is 15.2 Å². The van der Waals surface area contributed by atoms with Crippen molar-refractivity contribution in [2.24, 2.45) is 0 Å². The number of carbonyl (C=O) groups excluding carboxylic acids is 1. The highest BCUT2D eigenvalue weighted by atomic mass is 16.5. The lowest BCUT2D eigenvalue weighted by Crippen LogP contribution is -2.05. The molecule has 0 saturated carbocycles. The number of aryl methyl sites for hydroxylation is 1. The number of ether oxygens (including phenoxy) is 1. The highest BCUT2D eigenvalue weighted by Gasteiger charge is 2.06. The molecule has 2 N–H and O–H groups in total. The van der Waals surface area contributed by atoms with Gasteiger partial charge in [-0.05, 0) is 42.7 Å². The molecule has 23 heavy (non-hydrogen) atoms. The van der Waals surface area contributed by atoms with E-state index < -0.39 is 0 Å². The smallest absolute Gasteiger partial charge is 0.221 e. The fourth-order valence-electron chi connectivity index (χ4n) is 2.35. The quantitative estimate of drug-likeness (QED) is 0.717. The SMILES string of the molecule is CCCCCc1ccc(Oc2cccc(NC(C)=O)c2)c(O)c1. The Labute approximate surface area is 137 Å². The van der Waals surface area contributed by atoms with Crippen LogP contribution >= 0.6 is 0 Å². The minimum absolute atomic E-state index is 0.129. The highest BCUT2D eigenvalue weighted by Crippen LogP contribution is 2.32. The van der Waals surface area contributed by atoms with E-state index in [1.54, 1.807) is 36.4 Å². The largest absolute Gasteiger partial charge is 0.504 e. The van der Waals surface area contributed by atoms with Gasteiger partial charge in [0, 0.05) is 18.7 Å². The summed E-state index contributed by atoms with van der Waals surface area (Å²) in [6, 6.07) is 12.6. The molecule has 2 aromatic carbocycles. The predicted octanol–water partition coefficient (Wildman–Crippen LogP) is 4.88. The minimum Gasteiger partial charge on any atom is -0.504 e. The van der Waals surface area contributed by atoms with Crippen molar-refractivity contribution < 1.29 is 14.6 Å². The molecule has 0 fully saturated rings. The second kappa shape index (κ2) is 8.22. The van der Waals surface area contributed by atoms with Gasteiger partial charge in [-0.2, -0.15) is 0 Å². The van der Waals surface area contributed by atoms with E-state index in [2.05, 4.69) is 12.2 Å². The normalized spacial score (nSPS) is 10.3. The van der Waals surface area contributed by atoms with Crippen molar-refractivity contribution in [1.82, 2.24) is 0 Å². The van der Waals surface area contributed by atoms with Crippen LogP contribution in [0.1, 0.15) is 38.7 Å². The molecule has 1 amide bonds. The van der Waals surface area contributed by atoms with E-state index in [0.29, 0.717) is 17.2 Å². The summed E-state index contributed by atoms with van der Waals surface area (Å²) in [5.74, 6) is 0.958. The lowest BCUT2D eigenvalue weighted by atomic mass is 10.1. The van der Waals surface area contributed by atoms with E-state index >= 15 is 0 Å². The number of nitrogens with one attached hydrogen (secondary N) is 1. The number of hydrogen-bond donors (Lipinski definition) is 2. The second-order valence-electron chi connectivity index (χ2n) is 5.57. The first-order valence-electron chi connectivity index (χ1n) is 7.96. The van der Waals surface area contributed by atoms with Gasteiger partial charge in [-0.1, -0.05) is 31.9 Å². The number of benzene rings is 2. The van der Waals surface area contributed by atoms with Crippen molar-refractivity contribution in [3.05, 3.63) is 48.0 Å². The molecule has 4 heteroatoms. The van der Waals surface area contributed by atoms with Crippen LogP contribution in [0.3, 0.4) is 0 Å². The van der Waals surface area contributed by atoms with Gasteiger partial charge in [0.2, 0.25) is 5.91 Å². The van der Waals surface area contributed by atoms with Crippen molar-refractivity contribution in [2.75, 3.05) is 5.32 Å². The zero-order valence-corrected chi connectivity index (χ0v) is 13.6. The fraction of sp³-hybridized carbons (Fsp3) is 0.316. The maximum Gasteiger partial charge on any atom is 0.221 e.